The van der Waals surface area contributed by atoms with Gasteiger partial charge in [0.2, 0.25) is 5.75 Å². The SMILES string of the molecule is COc1cc(Br)c(C=CC(=O)c2cc(OC)c(OC)c(OC)c2)cc1OC. The van der Waals surface area contributed by atoms with E-state index in [1.807, 2.05) is 0 Å². The van der Waals surface area contributed by atoms with Gasteiger partial charge in [0.05, 0.1) is 35.5 Å². The zero-order valence-corrected chi connectivity index (χ0v) is 17.4. The van der Waals surface area contributed by atoms with Crippen molar-refractivity contribution >= 4 is 27.8 Å². The monoisotopic (exact) mass is 436 g/mol. The highest BCUT2D eigenvalue weighted by atomic mass is 79.9. The number of carbonyl (C=O) groups is 1. The maximum absolute atomic E-state index is 12.6. The summed E-state index contributed by atoms with van der Waals surface area (Å²) in [5.74, 6) is 2.22. The number of carbonyl (C=O) groups excluding carboxylic acids is 1. The van der Waals surface area contributed by atoms with Gasteiger partial charge in [-0.3, -0.25) is 4.79 Å². The van der Waals surface area contributed by atoms with Crippen LogP contribution in [0, 0.1) is 0 Å². The summed E-state index contributed by atoms with van der Waals surface area (Å²) in [5.41, 5.74) is 1.19. The highest BCUT2D eigenvalue weighted by molar-refractivity contribution is 9.10. The number of ether oxygens (including phenoxy) is 5. The number of ketones is 1. The lowest BCUT2D eigenvalue weighted by Gasteiger charge is -2.13. The first-order valence-electron chi connectivity index (χ1n) is 7.93. The fraction of sp³-hybridized carbons (Fsp3) is 0.250. The second-order valence-electron chi connectivity index (χ2n) is 5.34. The van der Waals surface area contributed by atoms with Gasteiger partial charge in [0.1, 0.15) is 0 Å². The van der Waals surface area contributed by atoms with Gasteiger partial charge >= 0.3 is 0 Å². The molecular formula is C20H21BrO6. The van der Waals surface area contributed by atoms with E-state index in [4.69, 9.17) is 23.7 Å². The summed E-state index contributed by atoms with van der Waals surface area (Å²) in [4.78, 5) is 12.6. The van der Waals surface area contributed by atoms with Crippen LogP contribution in [0.5, 0.6) is 28.7 Å². The van der Waals surface area contributed by atoms with Crippen molar-refractivity contribution < 1.29 is 28.5 Å². The molecule has 2 aromatic carbocycles. The Kier molecular flexibility index (Phi) is 7.12. The molecule has 0 radical (unpaired) electrons. The van der Waals surface area contributed by atoms with Crippen LogP contribution in [0.3, 0.4) is 0 Å². The molecule has 144 valence electrons. The van der Waals surface area contributed by atoms with Gasteiger partial charge < -0.3 is 23.7 Å². The fourth-order valence-electron chi connectivity index (χ4n) is 2.48. The zero-order valence-electron chi connectivity index (χ0n) is 15.8. The van der Waals surface area contributed by atoms with Crippen LogP contribution in [0.2, 0.25) is 0 Å². The van der Waals surface area contributed by atoms with E-state index in [1.165, 1.54) is 27.4 Å². The van der Waals surface area contributed by atoms with Crippen molar-refractivity contribution in [3.05, 3.63) is 45.9 Å². The maximum atomic E-state index is 12.6. The summed E-state index contributed by atoms with van der Waals surface area (Å²) in [6.45, 7) is 0. The number of rotatable bonds is 8. The minimum absolute atomic E-state index is 0.212. The predicted molar refractivity (Wildman–Crippen MR) is 107 cm³/mol. The lowest BCUT2D eigenvalue weighted by atomic mass is 10.1. The van der Waals surface area contributed by atoms with Gasteiger partial charge in [-0.15, -0.1) is 0 Å². The Morgan fingerprint density at radius 3 is 1.78 bits per heavy atom. The van der Waals surface area contributed by atoms with Crippen molar-refractivity contribution in [1.82, 2.24) is 0 Å². The molecule has 2 rings (SSSR count). The van der Waals surface area contributed by atoms with Crippen molar-refractivity contribution in [2.75, 3.05) is 35.5 Å². The van der Waals surface area contributed by atoms with Crippen molar-refractivity contribution in [1.29, 1.82) is 0 Å². The predicted octanol–water partition coefficient (Wildman–Crippen LogP) is 4.39. The average molecular weight is 437 g/mol. The Bertz CT molecular complexity index is 835. The Hall–Kier alpha value is -2.67. The van der Waals surface area contributed by atoms with E-state index in [0.717, 1.165) is 10.0 Å². The third kappa shape index (κ3) is 4.54. The van der Waals surface area contributed by atoms with Gasteiger partial charge in [0, 0.05) is 10.0 Å². The zero-order chi connectivity index (χ0) is 20.0. The molecule has 0 bridgehead atoms. The summed E-state index contributed by atoms with van der Waals surface area (Å²) >= 11 is 3.47. The summed E-state index contributed by atoms with van der Waals surface area (Å²) in [5, 5.41) is 0. The van der Waals surface area contributed by atoms with E-state index in [9.17, 15) is 4.79 Å². The molecule has 7 heteroatoms. The van der Waals surface area contributed by atoms with Crippen LogP contribution in [-0.4, -0.2) is 41.3 Å². The van der Waals surface area contributed by atoms with Crippen LogP contribution in [0.4, 0.5) is 0 Å². The number of benzene rings is 2. The normalized spacial score (nSPS) is 10.6. The molecule has 6 nitrogen and oxygen atoms in total. The molecule has 0 aromatic heterocycles. The molecule has 0 spiro atoms. The summed E-state index contributed by atoms with van der Waals surface area (Å²) < 4.78 is 27.2. The second-order valence-corrected chi connectivity index (χ2v) is 6.19. The fourth-order valence-corrected chi connectivity index (χ4v) is 2.94. The van der Waals surface area contributed by atoms with E-state index >= 15 is 0 Å². The maximum Gasteiger partial charge on any atom is 0.203 e. The minimum atomic E-state index is -0.212. The van der Waals surface area contributed by atoms with E-state index in [0.29, 0.717) is 34.3 Å². The van der Waals surface area contributed by atoms with Gasteiger partial charge in [-0.2, -0.15) is 0 Å². The molecule has 0 aliphatic heterocycles. The third-order valence-electron chi connectivity index (χ3n) is 3.87. The molecule has 0 heterocycles. The molecule has 0 N–H and O–H groups in total. The number of allylic oxidation sites excluding steroid dienone is 1. The van der Waals surface area contributed by atoms with E-state index in [1.54, 1.807) is 44.6 Å². The van der Waals surface area contributed by atoms with E-state index in [-0.39, 0.29) is 5.78 Å². The summed E-state index contributed by atoms with van der Waals surface area (Å²) in [6.07, 6.45) is 3.16. The quantitative estimate of drug-likeness (QED) is 0.451. The van der Waals surface area contributed by atoms with Gasteiger partial charge in [-0.1, -0.05) is 15.9 Å². The Morgan fingerprint density at radius 2 is 1.30 bits per heavy atom. The van der Waals surface area contributed by atoms with Gasteiger partial charge in [-0.25, -0.2) is 0 Å². The molecule has 2 aromatic rings. The molecular weight excluding hydrogens is 416 g/mol. The number of halogens is 1. The van der Waals surface area contributed by atoms with Gasteiger partial charge in [-0.05, 0) is 42.0 Å². The smallest absolute Gasteiger partial charge is 0.203 e. The van der Waals surface area contributed by atoms with E-state index in [2.05, 4.69) is 15.9 Å². The molecule has 0 aliphatic rings. The van der Waals surface area contributed by atoms with Gasteiger partial charge in [0.15, 0.2) is 28.8 Å². The van der Waals surface area contributed by atoms with Crippen LogP contribution in [0.25, 0.3) is 6.08 Å². The first-order chi connectivity index (χ1) is 13.0. The van der Waals surface area contributed by atoms with Crippen LogP contribution in [0.1, 0.15) is 15.9 Å². The lowest BCUT2D eigenvalue weighted by molar-refractivity contribution is 0.104. The van der Waals surface area contributed by atoms with Crippen molar-refractivity contribution in [2.24, 2.45) is 0 Å². The Labute approximate surface area is 166 Å². The van der Waals surface area contributed by atoms with E-state index < -0.39 is 0 Å². The Balaban J connectivity index is 2.37. The lowest BCUT2D eigenvalue weighted by Crippen LogP contribution is -2.00. The van der Waals surface area contributed by atoms with Crippen LogP contribution in [0.15, 0.2) is 34.8 Å². The Morgan fingerprint density at radius 1 is 0.778 bits per heavy atom. The first-order valence-corrected chi connectivity index (χ1v) is 8.72. The van der Waals surface area contributed by atoms with Crippen LogP contribution >= 0.6 is 15.9 Å². The van der Waals surface area contributed by atoms with Crippen molar-refractivity contribution in [2.45, 2.75) is 0 Å². The third-order valence-corrected chi connectivity index (χ3v) is 4.55. The van der Waals surface area contributed by atoms with Crippen LogP contribution in [-0.2, 0) is 0 Å². The molecule has 0 fully saturated rings. The first kappa shape index (κ1) is 20.6. The molecule has 0 saturated heterocycles. The molecule has 0 aliphatic carbocycles. The number of hydrogen-bond acceptors (Lipinski definition) is 6. The topological polar surface area (TPSA) is 63.2 Å². The van der Waals surface area contributed by atoms with Gasteiger partial charge in [0.25, 0.3) is 0 Å². The van der Waals surface area contributed by atoms with Crippen molar-refractivity contribution in [3.63, 3.8) is 0 Å². The molecule has 0 unspecified atom stereocenters. The second kappa shape index (κ2) is 9.32. The number of hydrogen-bond donors (Lipinski definition) is 0. The summed E-state index contributed by atoms with van der Waals surface area (Å²) in [6, 6.07) is 6.78. The average Bonchev–Trinajstić information content (AvgIpc) is 2.70. The molecule has 0 saturated carbocycles. The molecule has 0 atom stereocenters. The highest BCUT2D eigenvalue weighted by Gasteiger charge is 2.16. The standard InChI is InChI=1S/C20H21BrO6/c1-23-16-8-12(14(21)11-17(16)24-2)6-7-15(22)13-9-18(25-3)20(27-5)19(10-13)26-4/h6-11H,1-5H3. The van der Waals surface area contributed by atoms with Crippen LogP contribution < -0.4 is 23.7 Å². The largest absolute Gasteiger partial charge is 0.493 e. The highest BCUT2D eigenvalue weighted by Crippen LogP contribution is 2.38. The summed E-state index contributed by atoms with van der Waals surface area (Å²) in [7, 11) is 7.63. The number of methoxy groups -OCH3 is 5. The molecule has 0 amide bonds. The van der Waals surface area contributed by atoms with Crippen molar-refractivity contribution in [3.8, 4) is 28.7 Å². The molecule has 27 heavy (non-hydrogen) atoms. The minimum Gasteiger partial charge on any atom is -0.493 e.